The van der Waals surface area contributed by atoms with E-state index >= 15 is 0 Å². The number of pyridine rings is 1. The summed E-state index contributed by atoms with van der Waals surface area (Å²) in [4.78, 5) is 16.7. The summed E-state index contributed by atoms with van der Waals surface area (Å²) in [7, 11) is 1.54. The van der Waals surface area contributed by atoms with Gasteiger partial charge in [-0.25, -0.2) is 0 Å². The minimum absolute atomic E-state index is 0.244. The second-order valence-corrected chi connectivity index (χ2v) is 5.10. The third-order valence-electron chi connectivity index (χ3n) is 2.85. The van der Waals surface area contributed by atoms with Gasteiger partial charge in [-0.15, -0.1) is 11.3 Å². The molecule has 3 aromatic rings. The van der Waals surface area contributed by atoms with Gasteiger partial charge >= 0.3 is 0 Å². The lowest BCUT2D eigenvalue weighted by Gasteiger charge is -2.02. The van der Waals surface area contributed by atoms with Crippen LogP contribution in [0.3, 0.4) is 0 Å². The topological polar surface area (TPSA) is 79.9 Å². The first-order valence-electron chi connectivity index (χ1n) is 6.16. The number of carbonyl (C=O) groups excluding carboxylic acids is 1. The van der Waals surface area contributed by atoms with E-state index in [-0.39, 0.29) is 5.91 Å². The molecule has 0 spiro atoms. The van der Waals surface area contributed by atoms with Crippen LogP contribution in [0.5, 0.6) is 5.75 Å². The predicted octanol–water partition coefficient (Wildman–Crippen LogP) is 2.79. The molecule has 1 amide bonds. The minimum Gasteiger partial charge on any atom is -0.495 e. The summed E-state index contributed by atoms with van der Waals surface area (Å²) in [5, 5.41) is 11.5. The normalized spacial score (nSPS) is 10.3. The van der Waals surface area contributed by atoms with Gasteiger partial charge in [0, 0.05) is 24.0 Å². The number of H-pyrrole nitrogens is 1. The maximum atomic E-state index is 12.2. The Morgan fingerprint density at radius 2 is 2.33 bits per heavy atom. The second kappa shape index (κ2) is 5.76. The van der Waals surface area contributed by atoms with E-state index in [1.165, 1.54) is 18.4 Å². The molecule has 2 N–H and O–H groups in total. The van der Waals surface area contributed by atoms with E-state index in [1.807, 2.05) is 12.1 Å². The van der Waals surface area contributed by atoms with Crippen molar-refractivity contribution in [2.75, 3.05) is 12.4 Å². The number of amides is 1. The molecule has 3 aromatic heterocycles. The zero-order valence-corrected chi connectivity index (χ0v) is 12.0. The summed E-state index contributed by atoms with van der Waals surface area (Å²) in [6.07, 6.45) is 3.42. The maximum absolute atomic E-state index is 12.2. The van der Waals surface area contributed by atoms with Crippen molar-refractivity contribution < 1.29 is 9.53 Å². The van der Waals surface area contributed by atoms with Crippen molar-refractivity contribution >= 4 is 23.1 Å². The van der Waals surface area contributed by atoms with E-state index in [0.29, 0.717) is 16.4 Å². The van der Waals surface area contributed by atoms with Crippen LogP contribution in [0.15, 0.2) is 42.0 Å². The van der Waals surface area contributed by atoms with E-state index in [1.54, 1.807) is 29.9 Å². The average Bonchev–Trinajstić information content (AvgIpc) is 3.16. The molecule has 106 valence electrons. The molecule has 0 aromatic carbocycles. The molecule has 3 rings (SSSR count). The van der Waals surface area contributed by atoms with Crippen LogP contribution in [0.4, 0.5) is 5.82 Å². The third kappa shape index (κ3) is 2.77. The highest BCUT2D eigenvalue weighted by atomic mass is 32.1. The number of anilines is 1. The Morgan fingerprint density at radius 1 is 1.43 bits per heavy atom. The summed E-state index contributed by atoms with van der Waals surface area (Å²) in [6.45, 7) is 0. The van der Waals surface area contributed by atoms with Crippen molar-refractivity contribution in [1.82, 2.24) is 15.2 Å². The molecule has 0 radical (unpaired) electrons. The van der Waals surface area contributed by atoms with E-state index < -0.39 is 0 Å². The van der Waals surface area contributed by atoms with Crippen LogP contribution in [0.1, 0.15) is 9.67 Å². The van der Waals surface area contributed by atoms with Gasteiger partial charge in [-0.3, -0.25) is 14.9 Å². The van der Waals surface area contributed by atoms with E-state index in [2.05, 4.69) is 20.5 Å². The molecule has 7 heteroatoms. The van der Waals surface area contributed by atoms with Crippen LogP contribution >= 0.6 is 11.3 Å². The molecule has 21 heavy (non-hydrogen) atoms. The Hall–Kier alpha value is -2.67. The quantitative estimate of drug-likeness (QED) is 0.776. The Balaban J connectivity index is 1.77. The molecule has 0 fully saturated rings. The summed E-state index contributed by atoms with van der Waals surface area (Å²) in [5.74, 6) is 0.765. The number of carbonyl (C=O) groups is 1. The van der Waals surface area contributed by atoms with Crippen LogP contribution < -0.4 is 10.1 Å². The van der Waals surface area contributed by atoms with Crippen LogP contribution in [0.25, 0.3) is 11.3 Å². The molecule has 0 unspecified atom stereocenters. The van der Waals surface area contributed by atoms with Crippen molar-refractivity contribution in [3.05, 3.63) is 46.9 Å². The van der Waals surface area contributed by atoms with Gasteiger partial charge in [0.2, 0.25) is 0 Å². The van der Waals surface area contributed by atoms with Crippen molar-refractivity contribution in [2.24, 2.45) is 0 Å². The SMILES string of the molecule is COc1ccsc1C(=O)Nc1cc(-c2cccnc2)[nH]n1. The molecule has 0 atom stereocenters. The molecule has 0 aliphatic heterocycles. The Morgan fingerprint density at radius 3 is 3.10 bits per heavy atom. The largest absolute Gasteiger partial charge is 0.495 e. The second-order valence-electron chi connectivity index (χ2n) is 4.18. The summed E-state index contributed by atoms with van der Waals surface area (Å²) < 4.78 is 5.13. The number of ether oxygens (including phenoxy) is 1. The summed E-state index contributed by atoms with van der Waals surface area (Å²) in [6, 6.07) is 7.26. The van der Waals surface area contributed by atoms with Gasteiger partial charge in [-0.05, 0) is 23.6 Å². The van der Waals surface area contributed by atoms with Gasteiger partial charge in [0.25, 0.3) is 5.91 Å². The fourth-order valence-corrected chi connectivity index (χ4v) is 2.61. The zero-order valence-electron chi connectivity index (χ0n) is 11.2. The van der Waals surface area contributed by atoms with Crippen LogP contribution in [0.2, 0.25) is 0 Å². The Kier molecular flexibility index (Phi) is 3.65. The van der Waals surface area contributed by atoms with Gasteiger partial charge in [-0.2, -0.15) is 5.10 Å². The molecule has 6 nitrogen and oxygen atoms in total. The summed E-state index contributed by atoms with van der Waals surface area (Å²) >= 11 is 1.32. The fraction of sp³-hybridized carbons (Fsp3) is 0.0714. The van der Waals surface area contributed by atoms with E-state index in [4.69, 9.17) is 4.74 Å². The smallest absolute Gasteiger partial charge is 0.270 e. The Bertz CT molecular complexity index is 751. The summed E-state index contributed by atoms with van der Waals surface area (Å²) in [5.41, 5.74) is 1.69. The number of nitrogens with zero attached hydrogens (tertiary/aromatic N) is 2. The lowest BCUT2D eigenvalue weighted by atomic mass is 10.2. The van der Waals surface area contributed by atoms with Crippen LogP contribution in [0, 0.1) is 0 Å². The first kappa shape index (κ1) is 13.3. The lowest BCUT2D eigenvalue weighted by molar-refractivity contribution is 0.102. The average molecular weight is 300 g/mol. The van der Waals surface area contributed by atoms with Crippen molar-refractivity contribution in [3.63, 3.8) is 0 Å². The lowest BCUT2D eigenvalue weighted by Crippen LogP contribution is -2.11. The number of aromatic nitrogens is 3. The molecular weight excluding hydrogens is 288 g/mol. The number of nitrogens with one attached hydrogen (secondary N) is 2. The van der Waals surface area contributed by atoms with Crippen molar-refractivity contribution in [2.45, 2.75) is 0 Å². The van der Waals surface area contributed by atoms with E-state index in [9.17, 15) is 4.79 Å². The van der Waals surface area contributed by atoms with Gasteiger partial charge in [0.05, 0.1) is 12.8 Å². The standard InChI is InChI=1S/C14H12N4O2S/c1-20-11-4-6-21-13(11)14(19)16-12-7-10(17-18-12)9-3-2-5-15-8-9/h2-8H,1H3,(H2,16,17,18,19). The predicted molar refractivity (Wildman–Crippen MR) is 80.6 cm³/mol. The first-order valence-corrected chi connectivity index (χ1v) is 7.04. The minimum atomic E-state index is -0.244. The number of methoxy groups -OCH3 is 1. The number of rotatable bonds is 4. The molecular formula is C14H12N4O2S. The van der Waals surface area contributed by atoms with Gasteiger partial charge in [0.1, 0.15) is 10.6 Å². The van der Waals surface area contributed by atoms with E-state index in [0.717, 1.165) is 11.3 Å². The van der Waals surface area contributed by atoms with Gasteiger partial charge in [0.15, 0.2) is 5.82 Å². The van der Waals surface area contributed by atoms with Crippen molar-refractivity contribution in [1.29, 1.82) is 0 Å². The maximum Gasteiger partial charge on any atom is 0.270 e. The molecule has 0 saturated carbocycles. The van der Waals surface area contributed by atoms with Crippen molar-refractivity contribution in [3.8, 4) is 17.0 Å². The number of hydrogen-bond donors (Lipinski definition) is 2. The zero-order chi connectivity index (χ0) is 14.7. The Labute approximate surface area is 124 Å². The van der Waals surface area contributed by atoms with Crippen LogP contribution in [-0.4, -0.2) is 28.2 Å². The van der Waals surface area contributed by atoms with Gasteiger partial charge in [-0.1, -0.05) is 0 Å². The number of thiophene rings is 1. The molecule has 3 heterocycles. The molecule has 0 bridgehead atoms. The highest BCUT2D eigenvalue weighted by molar-refractivity contribution is 7.12. The van der Waals surface area contributed by atoms with Gasteiger partial charge < -0.3 is 10.1 Å². The van der Waals surface area contributed by atoms with Crippen LogP contribution in [-0.2, 0) is 0 Å². The molecule has 0 aliphatic carbocycles. The number of aromatic amines is 1. The first-order chi connectivity index (χ1) is 10.3. The molecule has 0 aliphatic rings. The third-order valence-corrected chi connectivity index (χ3v) is 3.74. The highest BCUT2D eigenvalue weighted by Gasteiger charge is 2.15. The highest BCUT2D eigenvalue weighted by Crippen LogP contribution is 2.25. The fourth-order valence-electron chi connectivity index (χ4n) is 1.85. The monoisotopic (exact) mass is 300 g/mol. The number of hydrogen-bond acceptors (Lipinski definition) is 5. The molecule has 0 saturated heterocycles.